The molecule has 0 fully saturated rings. The molecule has 0 spiro atoms. The van der Waals surface area contributed by atoms with Gasteiger partial charge in [0, 0.05) is 24.7 Å². The summed E-state index contributed by atoms with van der Waals surface area (Å²) < 4.78 is 5.18. The Morgan fingerprint density at radius 1 is 1.10 bits per heavy atom. The van der Waals surface area contributed by atoms with Crippen LogP contribution in [0.4, 0.5) is 5.82 Å². The topological polar surface area (TPSA) is 47.0 Å². The van der Waals surface area contributed by atoms with Crippen LogP contribution in [0.3, 0.4) is 0 Å². The monoisotopic (exact) mass is 285 g/mol. The first-order chi connectivity index (χ1) is 10.2. The number of nitrogens with zero attached hydrogens (tertiary/aromatic N) is 2. The fraction of sp³-hybridized carbons (Fsp3) is 0.412. The van der Waals surface area contributed by atoms with Crippen molar-refractivity contribution in [3.05, 3.63) is 47.4 Å². The zero-order valence-electron chi connectivity index (χ0n) is 13.0. The molecule has 4 heteroatoms. The van der Waals surface area contributed by atoms with E-state index in [4.69, 9.17) is 4.74 Å². The number of hydrogen-bond donors (Lipinski definition) is 1. The molecule has 1 heterocycles. The van der Waals surface area contributed by atoms with E-state index in [1.54, 1.807) is 7.11 Å². The molecule has 2 rings (SSSR count). The number of benzene rings is 1. The van der Waals surface area contributed by atoms with E-state index in [2.05, 4.69) is 41.3 Å². The summed E-state index contributed by atoms with van der Waals surface area (Å²) in [6.45, 7) is 5.19. The number of rotatable bonds is 7. The molecule has 112 valence electrons. The average Bonchev–Trinajstić information content (AvgIpc) is 2.53. The molecule has 0 unspecified atom stereocenters. The van der Waals surface area contributed by atoms with Crippen molar-refractivity contribution < 1.29 is 4.74 Å². The molecule has 1 aromatic heterocycles. The minimum atomic E-state index is 0.735. The molecule has 0 atom stereocenters. The Kier molecular flexibility index (Phi) is 5.55. The normalized spacial score (nSPS) is 10.4. The molecule has 0 saturated carbocycles. The number of nitrogens with one attached hydrogen (secondary N) is 1. The van der Waals surface area contributed by atoms with Crippen molar-refractivity contribution in [1.29, 1.82) is 0 Å². The zero-order valence-corrected chi connectivity index (χ0v) is 13.0. The second-order valence-corrected chi connectivity index (χ2v) is 4.97. The lowest BCUT2D eigenvalue weighted by Gasteiger charge is -2.09. The van der Waals surface area contributed by atoms with Crippen LogP contribution in [0, 0.1) is 0 Å². The van der Waals surface area contributed by atoms with E-state index in [-0.39, 0.29) is 0 Å². The van der Waals surface area contributed by atoms with Crippen molar-refractivity contribution in [3.63, 3.8) is 0 Å². The molecular weight excluding hydrogens is 262 g/mol. The molecule has 21 heavy (non-hydrogen) atoms. The molecule has 0 aliphatic heterocycles. The maximum atomic E-state index is 5.18. The van der Waals surface area contributed by atoms with Crippen LogP contribution in [0.2, 0.25) is 0 Å². The van der Waals surface area contributed by atoms with Gasteiger partial charge in [0.2, 0.25) is 0 Å². The van der Waals surface area contributed by atoms with Gasteiger partial charge >= 0.3 is 0 Å². The number of anilines is 1. The quantitative estimate of drug-likeness (QED) is 0.846. The smallest absolute Gasteiger partial charge is 0.135 e. The van der Waals surface area contributed by atoms with E-state index in [0.29, 0.717) is 0 Å². The van der Waals surface area contributed by atoms with Crippen LogP contribution < -0.4 is 10.1 Å². The van der Waals surface area contributed by atoms with Gasteiger partial charge in [0.1, 0.15) is 17.4 Å². The van der Waals surface area contributed by atoms with Gasteiger partial charge in [-0.15, -0.1) is 0 Å². The highest BCUT2D eigenvalue weighted by atomic mass is 16.5. The van der Waals surface area contributed by atoms with Gasteiger partial charge < -0.3 is 10.1 Å². The first kappa shape index (κ1) is 15.3. The van der Waals surface area contributed by atoms with Gasteiger partial charge in [0.05, 0.1) is 7.11 Å². The molecule has 0 aliphatic carbocycles. The van der Waals surface area contributed by atoms with Crippen LogP contribution in [0.5, 0.6) is 5.75 Å². The SMILES string of the molecule is CCCNc1cc(CC)nc(Cc2ccc(OC)cc2)n1. The molecule has 0 bridgehead atoms. The Balaban J connectivity index is 2.16. The summed E-state index contributed by atoms with van der Waals surface area (Å²) in [7, 11) is 1.68. The van der Waals surface area contributed by atoms with Gasteiger partial charge in [-0.1, -0.05) is 26.0 Å². The lowest BCUT2D eigenvalue weighted by atomic mass is 10.1. The Hall–Kier alpha value is -2.10. The third-order valence-corrected chi connectivity index (χ3v) is 3.27. The third kappa shape index (κ3) is 4.45. The molecule has 0 amide bonds. The largest absolute Gasteiger partial charge is 0.497 e. The van der Waals surface area contributed by atoms with E-state index < -0.39 is 0 Å². The van der Waals surface area contributed by atoms with Gasteiger partial charge in [-0.05, 0) is 30.5 Å². The summed E-state index contributed by atoms with van der Waals surface area (Å²) in [6, 6.07) is 10.1. The van der Waals surface area contributed by atoms with Gasteiger partial charge in [0.25, 0.3) is 0 Å². The second kappa shape index (κ2) is 7.62. The summed E-state index contributed by atoms with van der Waals surface area (Å²) >= 11 is 0. The van der Waals surface area contributed by atoms with Crippen molar-refractivity contribution in [1.82, 2.24) is 9.97 Å². The first-order valence-corrected chi connectivity index (χ1v) is 7.48. The molecule has 2 aromatic rings. The molecule has 0 radical (unpaired) electrons. The van der Waals surface area contributed by atoms with Crippen molar-refractivity contribution in [2.45, 2.75) is 33.1 Å². The minimum absolute atomic E-state index is 0.735. The van der Waals surface area contributed by atoms with E-state index in [1.807, 2.05) is 18.2 Å². The van der Waals surface area contributed by atoms with E-state index in [1.165, 1.54) is 5.56 Å². The Bertz CT molecular complexity index is 567. The number of ether oxygens (including phenoxy) is 1. The number of hydrogen-bond acceptors (Lipinski definition) is 4. The standard InChI is InChI=1S/C17H23N3O/c1-4-10-18-16-12-14(5-2)19-17(20-16)11-13-6-8-15(21-3)9-7-13/h6-9,12H,4-5,10-11H2,1-3H3,(H,18,19,20). The fourth-order valence-electron chi connectivity index (χ4n) is 2.08. The highest BCUT2D eigenvalue weighted by Gasteiger charge is 2.05. The summed E-state index contributed by atoms with van der Waals surface area (Å²) in [4.78, 5) is 9.22. The summed E-state index contributed by atoms with van der Waals surface area (Å²) in [5.74, 6) is 2.65. The predicted octanol–water partition coefficient (Wildman–Crippen LogP) is 3.46. The zero-order chi connectivity index (χ0) is 15.1. The maximum Gasteiger partial charge on any atom is 0.135 e. The van der Waals surface area contributed by atoms with Crippen LogP contribution in [-0.4, -0.2) is 23.6 Å². The lowest BCUT2D eigenvalue weighted by Crippen LogP contribution is -2.07. The van der Waals surface area contributed by atoms with Crippen molar-refractivity contribution >= 4 is 5.82 Å². The highest BCUT2D eigenvalue weighted by molar-refractivity contribution is 5.37. The van der Waals surface area contributed by atoms with Crippen molar-refractivity contribution in [2.75, 3.05) is 19.0 Å². The Morgan fingerprint density at radius 2 is 1.86 bits per heavy atom. The maximum absolute atomic E-state index is 5.18. The Labute approximate surface area is 126 Å². The van der Waals surface area contributed by atoms with Crippen LogP contribution >= 0.6 is 0 Å². The second-order valence-electron chi connectivity index (χ2n) is 4.97. The minimum Gasteiger partial charge on any atom is -0.497 e. The lowest BCUT2D eigenvalue weighted by molar-refractivity contribution is 0.414. The number of aryl methyl sites for hydroxylation is 1. The van der Waals surface area contributed by atoms with Gasteiger partial charge in [-0.2, -0.15) is 0 Å². The third-order valence-electron chi connectivity index (χ3n) is 3.27. The summed E-state index contributed by atoms with van der Waals surface area (Å²) in [5, 5.41) is 3.34. The van der Waals surface area contributed by atoms with E-state index in [9.17, 15) is 0 Å². The summed E-state index contributed by atoms with van der Waals surface area (Å²) in [5.41, 5.74) is 2.26. The predicted molar refractivity (Wildman–Crippen MR) is 86.0 cm³/mol. The van der Waals surface area contributed by atoms with Crippen LogP contribution in [0.1, 0.15) is 37.4 Å². The molecule has 1 N–H and O–H groups in total. The van der Waals surface area contributed by atoms with Crippen molar-refractivity contribution in [3.8, 4) is 5.75 Å². The summed E-state index contributed by atoms with van der Waals surface area (Å²) in [6.07, 6.45) is 2.73. The molecular formula is C17H23N3O. The highest BCUT2D eigenvalue weighted by Crippen LogP contribution is 2.15. The van der Waals surface area contributed by atoms with Crippen LogP contribution in [0.15, 0.2) is 30.3 Å². The first-order valence-electron chi connectivity index (χ1n) is 7.48. The molecule has 0 aliphatic rings. The van der Waals surface area contributed by atoms with Gasteiger partial charge in [-0.3, -0.25) is 0 Å². The van der Waals surface area contributed by atoms with Crippen molar-refractivity contribution in [2.24, 2.45) is 0 Å². The van der Waals surface area contributed by atoms with Gasteiger partial charge in [-0.25, -0.2) is 9.97 Å². The van der Waals surface area contributed by atoms with Crippen LogP contribution in [0.25, 0.3) is 0 Å². The molecule has 4 nitrogen and oxygen atoms in total. The van der Waals surface area contributed by atoms with Crippen LogP contribution in [-0.2, 0) is 12.8 Å². The Morgan fingerprint density at radius 3 is 2.48 bits per heavy atom. The number of aromatic nitrogens is 2. The molecule has 1 aromatic carbocycles. The van der Waals surface area contributed by atoms with Gasteiger partial charge in [0.15, 0.2) is 0 Å². The van der Waals surface area contributed by atoms with E-state index >= 15 is 0 Å². The molecule has 0 saturated heterocycles. The van der Waals surface area contributed by atoms with E-state index in [0.717, 1.165) is 48.9 Å². The average molecular weight is 285 g/mol. The fourth-order valence-corrected chi connectivity index (χ4v) is 2.08. The number of methoxy groups -OCH3 is 1.